The van der Waals surface area contributed by atoms with Gasteiger partial charge in [0.2, 0.25) is 21.8 Å². The maximum atomic E-state index is 13.8. The molecule has 7 nitrogen and oxygen atoms in total. The quantitative estimate of drug-likeness (QED) is 0.262. The minimum absolute atomic E-state index is 0.148. The fraction of sp³-hybridized carbons (Fsp3) is 0.355. The number of hydrogen-bond donors (Lipinski definition) is 2. The molecular formula is C31H38ClN3O4S. The average Bonchev–Trinajstić information content (AvgIpc) is 2.93. The second kappa shape index (κ2) is 15.0. The van der Waals surface area contributed by atoms with Crippen LogP contribution in [-0.4, -0.2) is 38.2 Å². The van der Waals surface area contributed by atoms with Gasteiger partial charge in [-0.25, -0.2) is 13.1 Å². The highest BCUT2D eigenvalue weighted by Crippen LogP contribution is 2.26. The van der Waals surface area contributed by atoms with Gasteiger partial charge in [-0.3, -0.25) is 9.59 Å². The zero-order chi connectivity index (χ0) is 29.1. The van der Waals surface area contributed by atoms with Gasteiger partial charge in [0, 0.05) is 31.1 Å². The molecule has 2 amide bonds. The molecule has 0 unspecified atom stereocenters. The molecule has 0 fully saturated rings. The first-order valence-electron chi connectivity index (χ1n) is 13.6. The lowest BCUT2D eigenvalue weighted by Crippen LogP contribution is -2.43. The van der Waals surface area contributed by atoms with Crippen molar-refractivity contribution in [3.8, 4) is 0 Å². The lowest BCUT2D eigenvalue weighted by Gasteiger charge is -2.32. The molecule has 1 atom stereocenters. The topological polar surface area (TPSA) is 95.6 Å². The largest absolute Gasteiger partial charge is 0.354 e. The Morgan fingerprint density at radius 3 is 2.12 bits per heavy atom. The Labute approximate surface area is 243 Å². The van der Waals surface area contributed by atoms with E-state index in [4.69, 9.17) is 11.6 Å². The van der Waals surface area contributed by atoms with Crippen molar-refractivity contribution >= 4 is 33.4 Å². The second-order valence-corrected chi connectivity index (χ2v) is 12.3. The molecule has 0 aliphatic heterocycles. The van der Waals surface area contributed by atoms with Crippen LogP contribution in [0.4, 0.5) is 0 Å². The first-order valence-corrected chi connectivity index (χ1v) is 15.4. The van der Waals surface area contributed by atoms with Gasteiger partial charge in [0.15, 0.2) is 0 Å². The highest BCUT2D eigenvalue weighted by molar-refractivity contribution is 7.89. The standard InChI is InChI=1S/C31H38ClN3O4S/c1-4-34-40(38,39)28-17-12-24(13-18-28)14-19-29(36)35(22-25-10-15-27(32)16-11-25)30(26-8-6-5-7-9-26)31(37)33-21-20-23(2)3/h5-13,15-18,23,30,34H,4,14,19-22H2,1-3H3,(H,33,37)/t30-/m1/s1. The number of carbonyl (C=O) groups excluding carboxylic acids is 2. The number of amides is 2. The summed E-state index contributed by atoms with van der Waals surface area (Å²) in [4.78, 5) is 29.2. The Kier molecular flexibility index (Phi) is 11.7. The monoisotopic (exact) mass is 583 g/mol. The van der Waals surface area contributed by atoms with Gasteiger partial charge in [-0.1, -0.05) is 87.0 Å². The molecule has 0 radical (unpaired) electrons. The van der Waals surface area contributed by atoms with Crippen molar-refractivity contribution in [2.24, 2.45) is 5.92 Å². The number of nitrogens with zero attached hydrogens (tertiary/aromatic N) is 1. The number of aryl methyl sites for hydroxylation is 1. The molecule has 0 bridgehead atoms. The van der Waals surface area contributed by atoms with Crippen molar-refractivity contribution < 1.29 is 18.0 Å². The van der Waals surface area contributed by atoms with Crippen LogP contribution in [0.1, 0.15) is 56.3 Å². The van der Waals surface area contributed by atoms with Crippen LogP contribution < -0.4 is 10.0 Å². The fourth-order valence-electron chi connectivity index (χ4n) is 4.30. The van der Waals surface area contributed by atoms with Crippen molar-refractivity contribution in [2.45, 2.75) is 57.5 Å². The zero-order valence-electron chi connectivity index (χ0n) is 23.3. The summed E-state index contributed by atoms with van der Waals surface area (Å²) in [6.45, 7) is 6.97. The number of sulfonamides is 1. The third-order valence-electron chi connectivity index (χ3n) is 6.48. The Balaban J connectivity index is 1.87. The fourth-order valence-corrected chi connectivity index (χ4v) is 5.47. The first-order chi connectivity index (χ1) is 19.1. The van der Waals surface area contributed by atoms with Gasteiger partial charge in [0.1, 0.15) is 6.04 Å². The highest BCUT2D eigenvalue weighted by atomic mass is 35.5. The van der Waals surface area contributed by atoms with Crippen LogP contribution in [0, 0.1) is 5.92 Å². The van der Waals surface area contributed by atoms with Gasteiger partial charge >= 0.3 is 0 Å². The van der Waals surface area contributed by atoms with Crippen LogP contribution in [0.15, 0.2) is 83.8 Å². The minimum Gasteiger partial charge on any atom is -0.354 e. The smallest absolute Gasteiger partial charge is 0.247 e. The SMILES string of the molecule is CCNS(=O)(=O)c1ccc(CCC(=O)N(Cc2ccc(Cl)cc2)[C@@H](C(=O)NCCC(C)C)c2ccccc2)cc1. The molecule has 0 aromatic heterocycles. The molecule has 214 valence electrons. The molecule has 0 aliphatic carbocycles. The van der Waals surface area contributed by atoms with Crippen molar-refractivity contribution in [2.75, 3.05) is 13.1 Å². The van der Waals surface area contributed by atoms with Crippen molar-refractivity contribution in [3.05, 3.63) is 101 Å². The maximum absolute atomic E-state index is 13.8. The Morgan fingerprint density at radius 1 is 0.900 bits per heavy atom. The number of nitrogens with one attached hydrogen (secondary N) is 2. The highest BCUT2D eigenvalue weighted by Gasteiger charge is 2.31. The lowest BCUT2D eigenvalue weighted by atomic mass is 10.0. The van der Waals surface area contributed by atoms with E-state index < -0.39 is 16.1 Å². The van der Waals surface area contributed by atoms with E-state index >= 15 is 0 Å². The number of carbonyl (C=O) groups is 2. The van der Waals surface area contributed by atoms with E-state index in [0.29, 0.717) is 30.5 Å². The molecule has 3 rings (SSSR count). The molecule has 0 heterocycles. The number of rotatable bonds is 14. The van der Waals surface area contributed by atoms with E-state index in [9.17, 15) is 18.0 Å². The van der Waals surface area contributed by atoms with E-state index in [1.807, 2.05) is 42.5 Å². The average molecular weight is 584 g/mol. The normalized spacial score (nSPS) is 12.2. The summed E-state index contributed by atoms with van der Waals surface area (Å²) < 4.78 is 27.0. The van der Waals surface area contributed by atoms with Crippen molar-refractivity contribution in [1.82, 2.24) is 14.9 Å². The summed E-state index contributed by atoms with van der Waals surface area (Å²) in [7, 11) is -3.55. The van der Waals surface area contributed by atoms with Crippen LogP contribution in [0.5, 0.6) is 0 Å². The van der Waals surface area contributed by atoms with Gasteiger partial charge in [0.25, 0.3) is 0 Å². The minimum atomic E-state index is -3.55. The summed E-state index contributed by atoms with van der Waals surface area (Å²) in [6.07, 6.45) is 1.38. The van der Waals surface area contributed by atoms with Gasteiger partial charge in [-0.05, 0) is 59.7 Å². The lowest BCUT2D eigenvalue weighted by molar-refractivity contribution is -0.141. The van der Waals surface area contributed by atoms with Gasteiger partial charge in [-0.15, -0.1) is 0 Å². The van der Waals surface area contributed by atoms with Crippen LogP contribution in [0.25, 0.3) is 0 Å². The van der Waals surface area contributed by atoms with Crippen LogP contribution >= 0.6 is 11.6 Å². The third kappa shape index (κ3) is 9.18. The van der Waals surface area contributed by atoms with Crippen molar-refractivity contribution in [3.63, 3.8) is 0 Å². The predicted molar refractivity (Wildman–Crippen MR) is 159 cm³/mol. The number of halogens is 1. The van der Waals surface area contributed by atoms with Crippen LogP contribution in [0.2, 0.25) is 5.02 Å². The van der Waals surface area contributed by atoms with Crippen LogP contribution in [0.3, 0.4) is 0 Å². The Bertz CT molecular complexity index is 1350. The van der Waals surface area contributed by atoms with E-state index in [1.165, 1.54) is 12.1 Å². The van der Waals surface area contributed by atoms with Crippen molar-refractivity contribution in [1.29, 1.82) is 0 Å². The molecule has 2 N–H and O–H groups in total. The molecule has 0 saturated heterocycles. The molecule has 0 aliphatic rings. The van der Waals surface area contributed by atoms with E-state index in [1.54, 1.807) is 36.1 Å². The summed E-state index contributed by atoms with van der Waals surface area (Å²) in [5, 5.41) is 3.62. The molecule has 9 heteroatoms. The summed E-state index contributed by atoms with van der Waals surface area (Å²) in [5.74, 6) is 0.0146. The van der Waals surface area contributed by atoms with Crippen LogP contribution in [-0.2, 0) is 32.6 Å². The summed E-state index contributed by atoms with van der Waals surface area (Å²) >= 11 is 6.09. The van der Waals surface area contributed by atoms with E-state index in [2.05, 4.69) is 23.9 Å². The van der Waals surface area contributed by atoms with E-state index in [0.717, 1.165) is 23.1 Å². The zero-order valence-corrected chi connectivity index (χ0v) is 24.8. The maximum Gasteiger partial charge on any atom is 0.247 e. The Morgan fingerprint density at radius 2 is 1.52 bits per heavy atom. The first kappa shape index (κ1) is 31.3. The molecule has 3 aromatic carbocycles. The van der Waals surface area contributed by atoms with Gasteiger partial charge in [0.05, 0.1) is 4.90 Å². The molecule has 3 aromatic rings. The van der Waals surface area contributed by atoms with Gasteiger partial charge in [-0.2, -0.15) is 0 Å². The molecular weight excluding hydrogens is 546 g/mol. The Hall–Kier alpha value is -3.20. The number of benzene rings is 3. The predicted octanol–water partition coefficient (Wildman–Crippen LogP) is 5.50. The summed E-state index contributed by atoms with van der Waals surface area (Å²) in [6, 6.07) is 22.2. The summed E-state index contributed by atoms with van der Waals surface area (Å²) in [5.41, 5.74) is 2.41. The second-order valence-electron chi connectivity index (χ2n) is 10.1. The number of hydrogen-bond acceptors (Lipinski definition) is 4. The van der Waals surface area contributed by atoms with Gasteiger partial charge < -0.3 is 10.2 Å². The molecule has 0 spiro atoms. The molecule has 40 heavy (non-hydrogen) atoms. The van der Waals surface area contributed by atoms with E-state index in [-0.39, 0.29) is 29.7 Å². The third-order valence-corrected chi connectivity index (χ3v) is 8.29. The molecule has 0 saturated carbocycles.